The molecule has 0 atom stereocenters. The standard InChI is InChI=1S/C13H15N/c1-3-4-5-11-6-7-13-12(10-11)8-9-14(13)2/h3-4,6-10H,5H2,1-2H3. The van der Waals surface area contributed by atoms with Crippen molar-refractivity contribution < 1.29 is 0 Å². The van der Waals surface area contributed by atoms with Crippen molar-refractivity contribution in [2.45, 2.75) is 13.3 Å². The van der Waals surface area contributed by atoms with Crippen molar-refractivity contribution in [1.82, 2.24) is 4.57 Å². The first-order valence-corrected chi connectivity index (χ1v) is 4.96. The van der Waals surface area contributed by atoms with Crippen molar-refractivity contribution in [1.29, 1.82) is 0 Å². The summed E-state index contributed by atoms with van der Waals surface area (Å²) in [6.07, 6.45) is 7.41. The van der Waals surface area contributed by atoms with Gasteiger partial charge in [-0.2, -0.15) is 0 Å². The lowest BCUT2D eigenvalue weighted by atomic mass is 10.1. The lowest BCUT2D eigenvalue weighted by molar-refractivity contribution is 0.969. The fourth-order valence-electron chi connectivity index (χ4n) is 1.71. The van der Waals surface area contributed by atoms with Crippen LogP contribution in [0.4, 0.5) is 0 Å². The largest absolute Gasteiger partial charge is 0.351 e. The van der Waals surface area contributed by atoms with Crippen LogP contribution in [0.2, 0.25) is 0 Å². The first-order valence-electron chi connectivity index (χ1n) is 4.96. The first-order chi connectivity index (χ1) is 6.81. The summed E-state index contributed by atoms with van der Waals surface area (Å²) >= 11 is 0. The number of fused-ring (bicyclic) bond motifs is 1. The molecule has 2 aromatic rings. The molecule has 0 aliphatic rings. The molecule has 1 heterocycles. The number of allylic oxidation sites excluding steroid dienone is 2. The summed E-state index contributed by atoms with van der Waals surface area (Å²) in [6, 6.07) is 8.81. The van der Waals surface area contributed by atoms with Gasteiger partial charge in [-0.3, -0.25) is 0 Å². The highest BCUT2D eigenvalue weighted by molar-refractivity contribution is 5.80. The fraction of sp³-hybridized carbons (Fsp3) is 0.231. The van der Waals surface area contributed by atoms with E-state index in [4.69, 9.17) is 0 Å². The number of nitrogens with zero attached hydrogens (tertiary/aromatic N) is 1. The molecule has 0 unspecified atom stereocenters. The predicted octanol–water partition coefficient (Wildman–Crippen LogP) is 3.30. The third kappa shape index (κ3) is 1.58. The van der Waals surface area contributed by atoms with E-state index in [9.17, 15) is 0 Å². The normalized spacial score (nSPS) is 11.6. The molecule has 2 rings (SSSR count). The van der Waals surface area contributed by atoms with Gasteiger partial charge in [0.25, 0.3) is 0 Å². The summed E-state index contributed by atoms with van der Waals surface area (Å²) in [7, 11) is 2.08. The van der Waals surface area contributed by atoms with E-state index in [2.05, 4.69) is 61.2 Å². The van der Waals surface area contributed by atoms with Crippen LogP contribution < -0.4 is 0 Å². The number of rotatable bonds is 2. The maximum atomic E-state index is 2.26. The molecule has 0 aliphatic carbocycles. The first kappa shape index (κ1) is 9.07. The van der Waals surface area contributed by atoms with E-state index in [1.54, 1.807) is 0 Å². The molecule has 0 radical (unpaired) electrons. The number of benzene rings is 1. The van der Waals surface area contributed by atoms with Crippen LogP contribution in [0.15, 0.2) is 42.6 Å². The van der Waals surface area contributed by atoms with E-state index >= 15 is 0 Å². The summed E-state index contributed by atoms with van der Waals surface area (Å²) in [6.45, 7) is 2.06. The zero-order chi connectivity index (χ0) is 9.97. The van der Waals surface area contributed by atoms with Gasteiger partial charge in [0, 0.05) is 18.8 Å². The van der Waals surface area contributed by atoms with Crippen LogP contribution in [0.5, 0.6) is 0 Å². The number of aromatic nitrogens is 1. The van der Waals surface area contributed by atoms with Gasteiger partial charge in [0.15, 0.2) is 0 Å². The Hall–Kier alpha value is -1.50. The van der Waals surface area contributed by atoms with Crippen LogP contribution in [0.1, 0.15) is 12.5 Å². The second kappa shape index (κ2) is 3.70. The molecule has 0 bridgehead atoms. The molecule has 0 amide bonds. The van der Waals surface area contributed by atoms with Gasteiger partial charge in [0.1, 0.15) is 0 Å². The highest BCUT2D eigenvalue weighted by atomic mass is 14.9. The molecule has 1 nitrogen and oxygen atoms in total. The SMILES string of the molecule is CC=CCc1ccc2c(ccn2C)c1. The molecular formula is C13H15N. The molecule has 0 aliphatic heterocycles. The Morgan fingerprint density at radius 3 is 2.93 bits per heavy atom. The molecule has 0 N–H and O–H groups in total. The zero-order valence-corrected chi connectivity index (χ0v) is 8.70. The minimum absolute atomic E-state index is 1.03. The molecule has 0 saturated heterocycles. The molecule has 1 aromatic carbocycles. The lowest BCUT2D eigenvalue weighted by Gasteiger charge is -1.99. The average Bonchev–Trinajstić information content (AvgIpc) is 2.57. The van der Waals surface area contributed by atoms with E-state index in [0.717, 1.165) is 6.42 Å². The van der Waals surface area contributed by atoms with Gasteiger partial charge in [-0.05, 0) is 42.5 Å². The minimum atomic E-state index is 1.03. The van der Waals surface area contributed by atoms with Crippen molar-refractivity contribution in [2.24, 2.45) is 7.05 Å². The van der Waals surface area contributed by atoms with E-state index in [-0.39, 0.29) is 0 Å². The molecule has 0 saturated carbocycles. The predicted molar refractivity (Wildman–Crippen MR) is 61.4 cm³/mol. The fourth-order valence-corrected chi connectivity index (χ4v) is 1.71. The van der Waals surface area contributed by atoms with Crippen LogP contribution in [-0.2, 0) is 13.5 Å². The third-order valence-corrected chi connectivity index (χ3v) is 2.54. The highest BCUT2D eigenvalue weighted by Crippen LogP contribution is 2.16. The summed E-state index contributed by atoms with van der Waals surface area (Å²) in [5, 5.41) is 1.33. The number of aryl methyl sites for hydroxylation is 1. The molecule has 1 heteroatoms. The summed E-state index contributed by atoms with van der Waals surface area (Å²) in [4.78, 5) is 0. The van der Waals surface area contributed by atoms with Gasteiger partial charge < -0.3 is 4.57 Å². The maximum Gasteiger partial charge on any atom is 0.0477 e. The molecule has 1 aromatic heterocycles. The van der Waals surface area contributed by atoms with Crippen molar-refractivity contribution in [3.8, 4) is 0 Å². The van der Waals surface area contributed by atoms with E-state index in [1.807, 2.05) is 0 Å². The molecule has 14 heavy (non-hydrogen) atoms. The Morgan fingerprint density at radius 2 is 2.14 bits per heavy atom. The molecule has 0 fully saturated rings. The van der Waals surface area contributed by atoms with Crippen LogP contribution in [0.25, 0.3) is 10.9 Å². The van der Waals surface area contributed by atoms with Crippen molar-refractivity contribution in [2.75, 3.05) is 0 Å². The smallest absolute Gasteiger partial charge is 0.0477 e. The lowest BCUT2D eigenvalue weighted by Crippen LogP contribution is -1.85. The Bertz CT molecular complexity index is 463. The third-order valence-electron chi connectivity index (χ3n) is 2.54. The second-order valence-corrected chi connectivity index (χ2v) is 3.59. The van der Waals surface area contributed by atoms with Gasteiger partial charge in [-0.15, -0.1) is 0 Å². The Kier molecular flexibility index (Phi) is 2.40. The van der Waals surface area contributed by atoms with Crippen LogP contribution in [0, 0.1) is 0 Å². The summed E-state index contributed by atoms with van der Waals surface area (Å²) < 4.78 is 2.15. The quantitative estimate of drug-likeness (QED) is 0.633. The second-order valence-electron chi connectivity index (χ2n) is 3.59. The molecular weight excluding hydrogens is 170 g/mol. The van der Waals surface area contributed by atoms with E-state index in [0.29, 0.717) is 0 Å². The van der Waals surface area contributed by atoms with Gasteiger partial charge in [0.05, 0.1) is 0 Å². The maximum absolute atomic E-state index is 2.26. The van der Waals surface area contributed by atoms with Crippen LogP contribution in [0.3, 0.4) is 0 Å². The Morgan fingerprint density at radius 1 is 1.29 bits per heavy atom. The van der Waals surface area contributed by atoms with E-state index < -0.39 is 0 Å². The van der Waals surface area contributed by atoms with Gasteiger partial charge in [0.2, 0.25) is 0 Å². The van der Waals surface area contributed by atoms with Crippen LogP contribution >= 0.6 is 0 Å². The highest BCUT2D eigenvalue weighted by Gasteiger charge is 1.97. The average molecular weight is 185 g/mol. The number of hydrogen-bond acceptors (Lipinski definition) is 0. The molecule has 72 valence electrons. The Balaban J connectivity index is 2.41. The van der Waals surface area contributed by atoms with Crippen molar-refractivity contribution in [3.63, 3.8) is 0 Å². The minimum Gasteiger partial charge on any atom is -0.351 e. The summed E-state index contributed by atoms with van der Waals surface area (Å²) in [5.74, 6) is 0. The number of hydrogen-bond donors (Lipinski definition) is 0. The zero-order valence-electron chi connectivity index (χ0n) is 8.70. The van der Waals surface area contributed by atoms with E-state index in [1.165, 1.54) is 16.5 Å². The summed E-state index contributed by atoms with van der Waals surface area (Å²) in [5.41, 5.74) is 2.68. The monoisotopic (exact) mass is 185 g/mol. The van der Waals surface area contributed by atoms with Gasteiger partial charge in [-0.1, -0.05) is 18.2 Å². The van der Waals surface area contributed by atoms with Crippen LogP contribution in [-0.4, -0.2) is 4.57 Å². The topological polar surface area (TPSA) is 4.93 Å². The van der Waals surface area contributed by atoms with Crippen molar-refractivity contribution >= 4 is 10.9 Å². The van der Waals surface area contributed by atoms with Crippen molar-refractivity contribution in [3.05, 3.63) is 48.2 Å². The Labute approximate surface area is 84.7 Å². The van der Waals surface area contributed by atoms with Gasteiger partial charge in [-0.25, -0.2) is 0 Å². The molecule has 0 spiro atoms. The van der Waals surface area contributed by atoms with Gasteiger partial charge >= 0.3 is 0 Å².